The Hall–Kier alpha value is -2.29. The Balaban J connectivity index is 2.28. The molecule has 104 valence electrons. The fourth-order valence-electron chi connectivity index (χ4n) is 2.43. The molecule has 1 amide bonds. The van der Waals surface area contributed by atoms with Crippen LogP contribution in [0.4, 0.5) is 5.69 Å². The number of hydrogen-bond donors (Lipinski definition) is 1. The molecule has 0 saturated heterocycles. The lowest BCUT2D eigenvalue weighted by molar-refractivity contribution is 0.102. The number of carbonyl (C=O) groups is 1. The number of ether oxygens (including phenoxy) is 1. The Morgan fingerprint density at radius 3 is 2.30 bits per heavy atom. The van der Waals surface area contributed by atoms with E-state index in [4.69, 9.17) is 4.74 Å². The third-order valence-electron chi connectivity index (χ3n) is 3.23. The fraction of sp³-hybridized carbons (Fsp3) is 0.235. The Labute approximate surface area is 119 Å². The fourth-order valence-corrected chi connectivity index (χ4v) is 2.43. The van der Waals surface area contributed by atoms with E-state index in [9.17, 15) is 4.79 Å². The molecule has 20 heavy (non-hydrogen) atoms. The summed E-state index contributed by atoms with van der Waals surface area (Å²) in [5.74, 6) is 0.633. The van der Waals surface area contributed by atoms with E-state index in [-0.39, 0.29) is 5.91 Å². The van der Waals surface area contributed by atoms with Crippen molar-refractivity contribution >= 4 is 11.6 Å². The molecule has 3 nitrogen and oxygen atoms in total. The molecule has 1 N–H and O–H groups in total. The van der Waals surface area contributed by atoms with Gasteiger partial charge in [-0.25, -0.2) is 0 Å². The maximum Gasteiger partial charge on any atom is 0.256 e. The van der Waals surface area contributed by atoms with Gasteiger partial charge in [-0.05, 0) is 44.0 Å². The van der Waals surface area contributed by atoms with E-state index in [0.29, 0.717) is 0 Å². The van der Waals surface area contributed by atoms with E-state index < -0.39 is 0 Å². The molecule has 0 aliphatic carbocycles. The van der Waals surface area contributed by atoms with E-state index in [1.54, 1.807) is 13.2 Å². The SMILES string of the molecule is COc1cccc(NC(=O)c2c(C)cc(C)cc2C)c1. The minimum absolute atomic E-state index is 0.0896. The summed E-state index contributed by atoms with van der Waals surface area (Å²) in [6.07, 6.45) is 0. The van der Waals surface area contributed by atoms with E-state index >= 15 is 0 Å². The molecule has 2 aromatic carbocycles. The van der Waals surface area contributed by atoms with Crippen LogP contribution in [0.25, 0.3) is 0 Å². The number of anilines is 1. The predicted octanol–water partition coefficient (Wildman–Crippen LogP) is 3.87. The normalized spacial score (nSPS) is 10.2. The minimum atomic E-state index is -0.0896. The lowest BCUT2D eigenvalue weighted by Gasteiger charge is -2.12. The Bertz CT molecular complexity index is 624. The highest BCUT2D eigenvalue weighted by molar-refractivity contribution is 6.06. The largest absolute Gasteiger partial charge is 0.497 e. The van der Waals surface area contributed by atoms with E-state index in [0.717, 1.165) is 33.7 Å². The van der Waals surface area contributed by atoms with E-state index in [1.165, 1.54) is 0 Å². The Kier molecular flexibility index (Phi) is 4.08. The first-order valence-corrected chi connectivity index (χ1v) is 6.54. The van der Waals surface area contributed by atoms with Crippen LogP contribution in [0.1, 0.15) is 27.0 Å². The van der Waals surface area contributed by atoms with Gasteiger partial charge in [-0.1, -0.05) is 23.8 Å². The molecule has 2 rings (SSSR count). The van der Waals surface area contributed by atoms with Crippen LogP contribution in [0.3, 0.4) is 0 Å². The first kappa shape index (κ1) is 14.1. The smallest absolute Gasteiger partial charge is 0.256 e. The summed E-state index contributed by atoms with van der Waals surface area (Å²) in [4.78, 5) is 12.4. The zero-order chi connectivity index (χ0) is 14.7. The van der Waals surface area contributed by atoms with Gasteiger partial charge in [0.25, 0.3) is 5.91 Å². The first-order valence-electron chi connectivity index (χ1n) is 6.54. The number of benzene rings is 2. The third kappa shape index (κ3) is 2.99. The topological polar surface area (TPSA) is 38.3 Å². The number of carbonyl (C=O) groups excluding carboxylic acids is 1. The maximum absolute atomic E-state index is 12.4. The summed E-state index contributed by atoms with van der Waals surface area (Å²) >= 11 is 0. The van der Waals surface area contributed by atoms with Crippen LogP contribution in [0.15, 0.2) is 36.4 Å². The molecule has 0 heterocycles. The van der Waals surface area contributed by atoms with Crippen molar-refractivity contribution in [2.45, 2.75) is 20.8 Å². The minimum Gasteiger partial charge on any atom is -0.497 e. The van der Waals surface area contributed by atoms with Crippen LogP contribution in [0, 0.1) is 20.8 Å². The van der Waals surface area contributed by atoms with Gasteiger partial charge in [0.05, 0.1) is 7.11 Å². The van der Waals surface area contributed by atoms with Crippen LogP contribution in [-0.4, -0.2) is 13.0 Å². The van der Waals surface area contributed by atoms with Gasteiger partial charge in [-0.2, -0.15) is 0 Å². The summed E-state index contributed by atoms with van der Waals surface area (Å²) in [7, 11) is 1.61. The highest BCUT2D eigenvalue weighted by Gasteiger charge is 2.13. The molecular formula is C17H19NO2. The molecule has 0 fully saturated rings. The lowest BCUT2D eigenvalue weighted by Crippen LogP contribution is -2.15. The van der Waals surface area contributed by atoms with Gasteiger partial charge < -0.3 is 10.1 Å². The second kappa shape index (κ2) is 5.78. The van der Waals surface area contributed by atoms with Crippen LogP contribution in [0.5, 0.6) is 5.75 Å². The van der Waals surface area contributed by atoms with Gasteiger partial charge in [0.1, 0.15) is 5.75 Å². The zero-order valence-electron chi connectivity index (χ0n) is 12.3. The van der Waals surface area contributed by atoms with Gasteiger partial charge in [-0.3, -0.25) is 4.79 Å². The summed E-state index contributed by atoms with van der Waals surface area (Å²) in [5.41, 5.74) is 4.61. The molecule has 0 aliphatic heterocycles. The van der Waals surface area contributed by atoms with Gasteiger partial charge in [0.2, 0.25) is 0 Å². The molecule has 2 aromatic rings. The standard InChI is InChI=1S/C17H19NO2/c1-11-8-12(2)16(13(3)9-11)17(19)18-14-6-5-7-15(10-14)20-4/h5-10H,1-4H3,(H,18,19). The van der Waals surface area contributed by atoms with Crippen LogP contribution >= 0.6 is 0 Å². The van der Waals surface area contributed by atoms with Crippen molar-refractivity contribution < 1.29 is 9.53 Å². The van der Waals surface area contributed by atoms with Gasteiger partial charge in [0.15, 0.2) is 0 Å². The molecule has 0 saturated carbocycles. The van der Waals surface area contributed by atoms with Gasteiger partial charge in [0, 0.05) is 17.3 Å². The summed E-state index contributed by atoms with van der Waals surface area (Å²) in [6.45, 7) is 5.95. The monoisotopic (exact) mass is 269 g/mol. The van der Waals surface area contributed by atoms with Crippen LogP contribution in [0.2, 0.25) is 0 Å². The third-order valence-corrected chi connectivity index (χ3v) is 3.23. The molecule has 0 aromatic heterocycles. The van der Waals surface area contributed by atoms with Crippen molar-refractivity contribution in [3.05, 3.63) is 58.7 Å². The van der Waals surface area contributed by atoms with Crippen molar-refractivity contribution in [1.82, 2.24) is 0 Å². The molecule has 0 radical (unpaired) electrons. The molecule has 0 aliphatic rings. The maximum atomic E-state index is 12.4. The average molecular weight is 269 g/mol. The van der Waals surface area contributed by atoms with Gasteiger partial charge in [-0.15, -0.1) is 0 Å². The lowest BCUT2D eigenvalue weighted by atomic mass is 9.99. The number of amides is 1. The van der Waals surface area contributed by atoms with Crippen LogP contribution < -0.4 is 10.1 Å². The van der Waals surface area contributed by atoms with Crippen molar-refractivity contribution in [3.63, 3.8) is 0 Å². The number of methoxy groups -OCH3 is 1. The van der Waals surface area contributed by atoms with Crippen molar-refractivity contribution in [1.29, 1.82) is 0 Å². The zero-order valence-corrected chi connectivity index (χ0v) is 12.3. The van der Waals surface area contributed by atoms with Crippen molar-refractivity contribution in [2.24, 2.45) is 0 Å². The first-order chi connectivity index (χ1) is 9.51. The molecule has 0 bridgehead atoms. The Morgan fingerprint density at radius 1 is 1.05 bits per heavy atom. The molecule has 0 unspecified atom stereocenters. The number of hydrogen-bond acceptors (Lipinski definition) is 2. The summed E-state index contributed by atoms with van der Waals surface area (Å²) < 4.78 is 5.15. The van der Waals surface area contributed by atoms with Crippen molar-refractivity contribution in [3.8, 4) is 5.75 Å². The quantitative estimate of drug-likeness (QED) is 0.918. The molecule has 0 spiro atoms. The second-order valence-electron chi connectivity index (χ2n) is 4.96. The molecule has 3 heteroatoms. The highest BCUT2D eigenvalue weighted by atomic mass is 16.5. The van der Waals surface area contributed by atoms with E-state index in [2.05, 4.69) is 5.32 Å². The average Bonchev–Trinajstić information content (AvgIpc) is 2.37. The summed E-state index contributed by atoms with van der Waals surface area (Å²) in [5, 5.41) is 2.92. The van der Waals surface area contributed by atoms with Gasteiger partial charge >= 0.3 is 0 Å². The number of aryl methyl sites for hydroxylation is 3. The predicted molar refractivity (Wildman–Crippen MR) is 81.6 cm³/mol. The van der Waals surface area contributed by atoms with Crippen LogP contribution in [-0.2, 0) is 0 Å². The number of rotatable bonds is 3. The number of nitrogens with one attached hydrogen (secondary N) is 1. The summed E-state index contributed by atoms with van der Waals surface area (Å²) in [6, 6.07) is 11.4. The second-order valence-corrected chi connectivity index (χ2v) is 4.96. The van der Waals surface area contributed by atoms with E-state index in [1.807, 2.05) is 51.1 Å². The Morgan fingerprint density at radius 2 is 1.70 bits per heavy atom. The van der Waals surface area contributed by atoms with Crippen molar-refractivity contribution in [2.75, 3.05) is 12.4 Å². The highest BCUT2D eigenvalue weighted by Crippen LogP contribution is 2.20. The molecule has 0 atom stereocenters. The molecular weight excluding hydrogens is 250 g/mol.